The Morgan fingerprint density at radius 3 is 2.49 bits per heavy atom. The second kappa shape index (κ2) is 10.9. The fraction of sp³-hybridized carbons (Fsp3) is 0.577. The molecule has 4 rings (SSSR count). The Morgan fingerprint density at radius 1 is 1.08 bits per heavy atom. The van der Waals surface area contributed by atoms with Crippen LogP contribution in [0, 0.1) is 0 Å². The summed E-state index contributed by atoms with van der Waals surface area (Å²) in [6, 6.07) is 3.99. The molecule has 0 radical (unpaired) electrons. The van der Waals surface area contributed by atoms with Gasteiger partial charge in [0.1, 0.15) is 11.6 Å². The quantitative estimate of drug-likeness (QED) is 0.418. The van der Waals surface area contributed by atoms with Crippen molar-refractivity contribution >= 4 is 35.4 Å². The number of fused-ring (bicyclic) bond motifs is 1. The number of carbonyl (C=O) groups is 5. The molecule has 11 heteroatoms. The first-order valence-corrected chi connectivity index (χ1v) is 12.7. The first kappa shape index (κ1) is 26.6. The van der Waals surface area contributed by atoms with E-state index in [4.69, 9.17) is 9.47 Å². The third-order valence-corrected chi connectivity index (χ3v) is 6.55. The molecule has 37 heavy (non-hydrogen) atoms. The van der Waals surface area contributed by atoms with Crippen molar-refractivity contribution in [2.24, 2.45) is 0 Å². The number of piperidine rings is 2. The molecule has 1 aromatic rings. The summed E-state index contributed by atoms with van der Waals surface area (Å²) in [7, 11) is 0. The molecular formula is C26H34N4O7. The molecule has 200 valence electrons. The van der Waals surface area contributed by atoms with E-state index in [0.29, 0.717) is 38.3 Å². The Labute approximate surface area is 215 Å². The highest BCUT2D eigenvalue weighted by molar-refractivity contribution is 6.25. The Bertz CT molecular complexity index is 1090. The van der Waals surface area contributed by atoms with E-state index in [1.54, 1.807) is 23.1 Å². The molecule has 5 amide bonds. The molecule has 1 aromatic carbocycles. The number of hydrogen-bond acceptors (Lipinski definition) is 8. The number of ether oxygens (including phenoxy) is 2. The lowest BCUT2D eigenvalue weighted by Crippen LogP contribution is -2.54. The number of nitrogens with zero attached hydrogens (tertiary/aromatic N) is 2. The van der Waals surface area contributed by atoms with E-state index in [9.17, 15) is 24.0 Å². The number of hydrogen-bond donors (Lipinski definition) is 2. The van der Waals surface area contributed by atoms with Crippen LogP contribution in [0.15, 0.2) is 18.2 Å². The minimum Gasteiger partial charge on any atom is -0.444 e. The van der Waals surface area contributed by atoms with E-state index < -0.39 is 35.3 Å². The van der Waals surface area contributed by atoms with Crippen LogP contribution in [0.3, 0.4) is 0 Å². The number of nitrogens with one attached hydrogen (secondary N) is 2. The summed E-state index contributed by atoms with van der Waals surface area (Å²) in [5.74, 6) is -2.10. The van der Waals surface area contributed by atoms with Gasteiger partial charge in [-0.15, -0.1) is 0 Å². The van der Waals surface area contributed by atoms with Crippen molar-refractivity contribution in [3.8, 4) is 0 Å². The Hall–Kier alpha value is -3.47. The molecule has 3 heterocycles. The molecule has 0 aliphatic carbocycles. The van der Waals surface area contributed by atoms with Gasteiger partial charge in [0.2, 0.25) is 11.8 Å². The third kappa shape index (κ3) is 6.10. The summed E-state index contributed by atoms with van der Waals surface area (Å²) >= 11 is 0. The molecule has 0 bridgehead atoms. The standard InChI is InChI=1S/C26H34N4O7/c1-26(2,3)37-25(35)29-13-10-16(11-14-29)36-15-5-12-27-18-7-4-6-17-21(18)24(34)30(23(17)33)19-8-9-20(31)28-22(19)32/h4,6-7,16,19,27H,5,8-15H2,1-3H3,(H,28,31,32). The van der Waals surface area contributed by atoms with Crippen LogP contribution in [0.4, 0.5) is 10.5 Å². The molecule has 3 aliphatic heterocycles. The van der Waals surface area contributed by atoms with Gasteiger partial charge >= 0.3 is 6.09 Å². The van der Waals surface area contributed by atoms with Crippen molar-refractivity contribution < 1.29 is 33.4 Å². The SMILES string of the molecule is CC(C)(C)OC(=O)N1CCC(OCCCNc2cccc3c2C(=O)N(C2CCC(=O)NC2=O)C3=O)CC1. The van der Waals surface area contributed by atoms with Gasteiger partial charge in [-0.25, -0.2) is 4.79 Å². The van der Waals surface area contributed by atoms with Crippen LogP contribution >= 0.6 is 0 Å². The van der Waals surface area contributed by atoms with Gasteiger partial charge in [-0.05, 0) is 58.6 Å². The van der Waals surface area contributed by atoms with Crippen LogP contribution in [0.1, 0.15) is 73.6 Å². The molecule has 1 unspecified atom stereocenters. The summed E-state index contributed by atoms with van der Waals surface area (Å²) in [5.41, 5.74) is 0.494. The highest BCUT2D eigenvalue weighted by Gasteiger charge is 2.45. The van der Waals surface area contributed by atoms with Gasteiger partial charge in [0.15, 0.2) is 0 Å². The average Bonchev–Trinajstić information content (AvgIpc) is 3.09. The number of imide groups is 2. The lowest BCUT2D eigenvalue weighted by atomic mass is 10.0. The van der Waals surface area contributed by atoms with Crippen molar-refractivity contribution in [1.82, 2.24) is 15.1 Å². The smallest absolute Gasteiger partial charge is 0.410 e. The summed E-state index contributed by atoms with van der Waals surface area (Å²) in [6.07, 6.45) is 2.13. The normalized spacial score (nSPS) is 20.7. The minimum atomic E-state index is -0.993. The predicted molar refractivity (Wildman–Crippen MR) is 133 cm³/mol. The van der Waals surface area contributed by atoms with Crippen molar-refractivity contribution in [3.05, 3.63) is 29.3 Å². The number of likely N-dealkylation sites (tertiary alicyclic amines) is 1. The second-order valence-electron chi connectivity index (χ2n) is 10.5. The van der Waals surface area contributed by atoms with Crippen LogP contribution in [0.5, 0.6) is 0 Å². The fourth-order valence-electron chi connectivity index (χ4n) is 4.74. The maximum absolute atomic E-state index is 13.1. The highest BCUT2D eigenvalue weighted by atomic mass is 16.6. The molecule has 3 aliphatic rings. The maximum Gasteiger partial charge on any atom is 0.410 e. The molecule has 2 N–H and O–H groups in total. The Balaban J connectivity index is 1.24. The number of anilines is 1. The lowest BCUT2D eigenvalue weighted by molar-refractivity contribution is -0.136. The van der Waals surface area contributed by atoms with Gasteiger partial charge in [-0.1, -0.05) is 6.07 Å². The third-order valence-electron chi connectivity index (χ3n) is 6.55. The van der Waals surface area contributed by atoms with E-state index in [1.165, 1.54) is 0 Å². The second-order valence-corrected chi connectivity index (χ2v) is 10.5. The van der Waals surface area contributed by atoms with E-state index >= 15 is 0 Å². The lowest BCUT2D eigenvalue weighted by Gasteiger charge is -2.33. The molecule has 11 nitrogen and oxygen atoms in total. The van der Waals surface area contributed by atoms with Gasteiger partial charge in [0, 0.05) is 38.3 Å². The summed E-state index contributed by atoms with van der Waals surface area (Å²) in [4.78, 5) is 64.7. The molecule has 0 aromatic heterocycles. The van der Waals surface area contributed by atoms with Crippen molar-refractivity contribution in [2.75, 3.05) is 31.6 Å². The zero-order chi connectivity index (χ0) is 26.7. The summed E-state index contributed by atoms with van der Waals surface area (Å²) in [6.45, 7) is 7.76. The number of amides is 5. The minimum absolute atomic E-state index is 0.0703. The van der Waals surface area contributed by atoms with Gasteiger partial charge in [-0.3, -0.25) is 29.4 Å². The topological polar surface area (TPSA) is 134 Å². The fourth-order valence-corrected chi connectivity index (χ4v) is 4.74. The van der Waals surface area contributed by atoms with Crippen molar-refractivity contribution in [2.45, 2.75) is 70.6 Å². The van der Waals surface area contributed by atoms with Gasteiger partial charge < -0.3 is 19.7 Å². The van der Waals surface area contributed by atoms with Crippen molar-refractivity contribution in [3.63, 3.8) is 0 Å². The largest absolute Gasteiger partial charge is 0.444 e. The highest BCUT2D eigenvalue weighted by Crippen LogP contribution is 2.32. The average molecular weight is 515 g/mol. The van der Waals surface area contributed by atoms with Gasteiger partial charge in [-0.2, -0.15) is 0 Å². The van der Waals surface area contributed by atoms with E-state index in [1.807, 2.05) is 20.8 Å². The van der Waals surface area contributed by atoms with Crippen LogP contribution in [-0.4, -0.2) is 83.5 Å². The Morgan fingerprint density at radius 2 is 1.81 bits per heavy atom. The number of carbonyl (C=O) groups excluding carboxylic acids is 5. The molecular weight excluding hydrogens is 480 g/mol. The van der Waals surface area contributed by atoms with Crippen LogP contribution in [0.2, 0.25) is 0 Å². The first-order chi connectivity index (χ1) is 17.5. The molecule has 1 atom stereocenters. The van der Waals surface area contributed by atoms with E-state index in [-0.39, 0.29) is 36.2 Å². The van der Waals surface area contributed by atoms with Crippen LogP contribution < -0.4 is 10.6 Å². The zero-order valence-electron chi connectivity index (χ0n) is 21.5. The summed E-state index contributed by atoms with van der Waals surface area (Å²) in [5, 5.41) is 5.42. The monoisotopic (exact) mass is 514 g/mol. The van der Waals surface area contributed by atoms with Gasteiger partial charge in [0.05, 0.1) is 17.2 Å². The maximum atomic E-state index is 13.1. The molecule has 2 saturated heterocycles. The number of rotatable bonds is 7. The first-order valence-electron chi connectivity index (χ1n) is 12.7. The Kier molecular flexibility index (Phi) is 7.82. The number of benzene rings is 1. The van der Waals surface area contributed by atoms with E-state index in [2.05, 4.69) is 10.6 Å². The predicted octanol–water partition coefficient (Wildman–Crippen LogP) is 2.31. The molecule has 0 spiro atoms. The van der Waals surface area contributed by atoms with E-state index in [0.717, 1.165) is 17.7 Å². The van der Waals surface area contributed by atoms with Gasteiger partial charge in [0.25, 0.3) is 11.8 Å². The van der Waals surface area contributed by atoms with Crippen LogP contribution in [-0.2, 0) is 19.1 Å². The summed E-state index contributed by atoms with van der Waals surface area (Å²) < 4.78 is 11.4. The van der Waals surface area contributed by atoms with Crippen molar-refractivity contribution in [1.29, 1.82) is 0 Å². The molecule has 0 saturated carbocycles. The van der Waals surface area contributed by atoms with Crippen LogP contribution in [0.25, 0.3) is 0 Å². The zero-order valence-corrected chi connectivity index (χ0v) is 21.5. The molecule has 2 fully saturated rings.